The Morgan fingerprint density at radius 2 is 1.68 bits per heavy atom. The summed E-state index contributed by atoms with van der Waals surface area (Å²) in [6.07, 6.45) is 2.19. The standard InChI is InChI=1S/C22H16Cl2N6S/c23-15-7-5-8-16(24)21(15)26-17-9-2-1-6-14(17)12-20-28-25-13-30(20)29-22-27-18-10-3-4-11-19(18)31-22/h1-11,13,26H,12H2,(H,27,29). The van der Waals surface area contributed by atoms with Crippen LogP contribution in [0.5, 0.6) is 0 Å². The first-order chi connectivity index (χ1) is 15.2. The van der Waals surface area contributed by atoms with Gasteiger partial charge in [-0.25, -0.2) is 9.66 Å². The number of nitrogens with zero attached hydrogens (tertiary/aromatic N) is 4. The Morgan fingerprint density at radius 3 is 2.52 bits per heavy atom. The minimum atomic E-state index is 0.545. The second-order valence-electron chi connectivity index (χ2n) is 6.77. The molecule has 9 heteroatoms. The van der Waals surface area contributed by atoms with Gasteiger partial charge in [0.1, 0.15) is 6.33 Å². The number of fused-ring (bicyclic) bond motifs is 1. The van der Waals surface area contributed by atoms with Crippen LogP contribution in [0.3, 0.4) is 0 Å². The van der Waals surface area contributed by atoms with Crippen molar-refractivity contribution in [3.8, 4) is 0 Å². The van der Waals surface area contributed by atoms with Gasteiger partial charge in [0.05, 0.1) is 25.9 Å². The summed E-state index contributed by atoms with van der Waals surface area (Å²) in [5, 5.41) is 13.6. The molecule has 0 saturated carbocycles. The van der Waals surface area contributed by atoms with E-state index in [4.69, 9.17) is 23.2 Å². The van der Waals surface area contributed by atoms with Crippen molar-refractivity contribution in [2.45, 2.75) is 6.42 Å². The van der Waals surface area contributed by atoms with E-state index in [1.165, 1.54) is 0 Å². The fourth-order valence-corrected chi connectivity index (χ4v) is 4.57. The zero-order valence-corrected chi connectivity index (χ0v) is 18.4. The normalized spacial score (nSPS) is 11.0. The number of hydrogen-bond donors (Lipinski definition) is 2. The van der Waals surface area contributed by atoms with E-state index in [1.807, 2.05) is 54.6 Å². The molecule has 0 saturated heterocycles. The lowest BCUT2D eigenvalue weighted by Gasteiger charge is -2.14. The van der Waals surface area contributed by atoms with Crippen LogP contribution in [-0.2, 0) is 6.42 Å². The number of halogens is 2. The molecule has 0 fully saturated rings. The largest absolute Gasteiger partial charge is 0.353 e. The van der Waals surface area contributed by atoms with Gasteiger partial charge in [0.15, 0.2) is 5.82 Å². The summed E-state index contributed by atoms with van der Waals surface area (Å²) in [6, 6.07) is 21.4. The third-order valence-corrected chi connectivity index (χ3v) is 6.29. The zero-order valence-electron chi connectivity index (χ0n) is 16.1. The SMILES string of the molecule is Clc1cccc(Cl)c1Nc1ccccc1Cc1nncn1Nc1nc2ccccc2s1. The van der Waals surface area contributed by atoms with Gasteiger partial charge >= 0.3 is 0 Å². The van der Waals surface area contributed by atoms with E-state index >= 15 is 0 Å². The van der Waals surface area contributed by atoms with E-state index in [0.717, 1.165) is 32.4 Å². The predicted molar refractivity (Wildman–Crippen MR) is 128 cm³/mol. The van der Waals surface area contributed by atoms with Crippen LogP contribution in [0.1, 0.15) is 11.4 Å². The molecule has 2 heterocycles. The lowest BCUT2D eigenvalue weighted by Crippen LogP contribution is -2.12. The van der Waals surface area contributed by atoms with Gasteiger partial charge < -0.3 is 5.32 Å². The van der Waals surface area contributed by atoms with Crippen molar-refractivity contribution < 1.29 is 0 Å². The van der Waals surface area contributed by atoms with Crippen molar-refractivity contribution in [3.05, 3.63) is 94.5 Å². The van der Waals surface area contributed by atoms with Gasteiger partial charge in [-0.1, -0.05) is 70.9 Å². The molecule has 2 N–H and O–H groups in total. The van der Waals surface area contributed by atoms with Gasteiger partial charge in [0.2, 0.25) is 5.13 Å². The minimum absolute atomic E-state index is 0.545. The van der Waals surface area contributed by atoms with E-state index in [9.17, 15) is 0 Å². The summed E-state index contributed by atoms with van der Waals surface area (Å²) in [4.78, 5) is 4.62. The Bertz CT molecular complexity index is 1310. The molecule has 0 aliphatic rings. The number of hydrogen-bond acceptors (Lipinski definition) is 6. The van der Waals surface area contributed by atoms with E-state index in [0.29, 0.717) is 22.2 Å². The van der Waals surface area contributed by atoms with Crippen LogP contribution >= 0.6 is 34.5 Å². The zero-order chi connectivity index (χ0) is 21.2. The van der Waals surface area contributed by atoms with E-state index < -0.39 is 0 Å². The monoisotopic (exact) mass is 466 g/mol. The molecule has 5 rings (SSSR count). The highest BCUT2D eigenvalue weighted by molar-refractivity contribution is 7.22. The molecule has 154 valence electrons. The number of thiazole rings is 1. The molecule has 0 aliphatic heterocycles. The first kappa shape index (κ1) is 19.8. The number of benzene rings is 3. The molecule has 6 nitrogen and oxygen atoms in total. The molecule has 0 radical (unpaired) electrons. The fourth-order valence-electron chi connectivity index (χ4n) is 3.21. The molecule has 31 heavy (non-hydrogen) atoms. The first-order valence-electron chi connectivity index (χ1n) is 9.48. The third-order valence-electron chi connectivity index (χ3n) is 4.72. The average Bonchev–Trinajstić information content (AvgIpc) is 3.38. The number of aromatic nitrogens is 4. The van der Waals surface area contributed by atoms with Crippen LogP contribution in [0.4, 0.5) is 16.5 Å². The molecule has 5 aromatic rings. The first-order valence-corrected chi connectivity index (χ1v) is 11.0. The maximum Gasteiger partial charge on any atom is 0.203 e. The highest BCUT2D eigenvalue weighted by atomic mass is 35.5. The Labute approximate surface area is 192 Å². The van der Waals surface area contributed by atoms with Crippen LogP contribution in [0.2, 0.25) is 10.0 Å². The smallest absolute Gasteiger partial charge is 0.203 e. The highest BCUT2D eigenvalue weighted by Gasteiger charge is 2.13. The summed E-state index contributed by atoms with van der Waals surface area (Å²) in [6.45, 7) is 0. The quantitative estimate of drug-likeness (QED) is 0.302. The number of nitrogens with one attached hydrogen (secondary N) is 2. The summed E-state index contributed by atoms with van der Waals surface area (Å²) in [5.41, 5.74) is 6.84. The number of anilines is 3. The molecule has 0 atom stereocenters. The van der Waals surface area contributed by atoms with Crippen LogP contribution in [-0.4, -0.2) is 19.9 Å². The predicted octanol–water partition coefficient (Wildman–Crippen LogP) is 6.40. The molecule has 0 aliphatic carbocycles. The molecule has 3 aromatic carbocycles. The van der Waals surface area contributed by atoms with Gasteiger partial charge in [-0.05, 0) is 35.9 Å². The summed E-state index contributed by atoms with van der Waals surface area (Å²) in [7, 11) is 0. The average molecular weight is 467 g/mol. The van der Waals surface area contributed by atoms with Crippen molar-refractivity contribution in [2.75, 3.05) is 10.7 Å². The minimum Gasteiger partial charge on any atom is -0.353 e. The summed E-state index contributed by atoms with van der Waals surface area (Å²) >= 11 is 14.2. The van der Waals surface area contributed by atoms with Crippen LogP contribution in [0.15, 0.2) is 73.1 Å². The molecule has 0 unspecified atom stereocenters. The Hall–Kier alpha value is -3.13. The highest BCUT2D eigenvalue weighted by Crippen LogP contribution is 2.34. The lowest BCUT2D eigenvalue weighted by atomic mass is 10.1. The molecule has 0 spiro atoms. The van der Waals surface area contributed by atoms with Gasteiger partial charge in [0.25, 0.3) is 0 Å². The summed E-state index contributed by atoms with van der Waals surface area (Å²) in [5.74, 6) is 0.749. The second-order valence-corrected chi connectivity index (χ2v) is 8.62. The number of para-hydroxylation sites is 3. The van der Waals surface area contributed by atoms with Crippen molar-refractivity contribution in [3.63, 3.8) is 0 Å². The Kier molecular flexibility index (Phi) is 5.46. The van der Waals surface area contributed by atoms with Gasteiger partial charge in [0, 0.05) is 12.1 Å². The molecular weight excluding hydrogens is 451 g/mol. The van der Waals surface area contributed by atoms with E-state index in [1.54, 1.807) is 34.5 Å². The Morgan fingerprint density at radius 1 is 0.903 bits per heavy atom. The lowest BCUT2D eigenvalue weighted by molar-refractivity contribution is 0.850. The van der Waals surface area contributed by atoms with E-state index in [2.05, 4.69) is 25.9 Å². The second kappa shape index (κ2) is 8.55. The molecule has 0 bridgehead atoms. The summed E-state index contributed by atoms with van der Waals surface area (Å²) < 4.78 is 2.91. The van der Waals surface area contributed by atoms with Crippen LogP contribution in [0, 0.1) is 0 Å². The van der Waals surface area contributed by atoms with Crippen LogP contribution < -0.4 is 10.7 Å². The van der Waals surface area contributed by atoms with Gasteiger partial charge in [-0.3, -0.25) is 5.43 Å². The molecule has 2 aromatic heterocycles. The molecule has 0 amide bonds. The fraction of sp³-hybridized carbons (Fsp3) is 0.0455. The van der Waals surface area contributed by atoms with Gasteiger partial charge in [-0.2, -0.15) is 0 Å². The van der Waals surface area contributed by atoms with E-state index in [-0.39, 0.29) is 0 Å². The molecular formula is C22H16Cl2N6S. The van der Waals surface area contributed by atoms with Crippen molar-refractivity contribution in [2.24, 2.45) is 0 Å². The van der Waals surface area contributed by atoms with Crippen molar-refractivity contribution in [1.29, 1.82) is 0 Å². The van der Waals surface area contributed by atoms with Crippen molar-refractivity contribution in [1.82, 2.24) is 19.9 Å². The van der Waals surface area contributed by atoms with Crippen LogP contribution in [0.25, 0.3) is 10.2 Å². The third kappa shape index (κ3) is 4.20. The Balaban J connectivity index is 1.41. The van der Waals surface area contributed by atoms with Gasteiger partial charge in [-0.15, -0.1) is 10.2 Å². The topological polar surface area (TPSA) is 67.7 Å². The number of rotatable bonds is 6. The maximum atomic E-state index is 6.33. The van der Waals surface area contributed by atoms with Crippen molar-refractivity contribution >= 4 is 61.3 Å². The maximum absolute atomic E-state index is 6.33.